The first kappa shape index (κ1) is 14.9. The van der Waals surface area contributed by atoms with Crippen molar-refractivity contribution in [2.75, 3.05) is 0 Å². The average molecular weight is 400 g/mol. The maximum absolute atomic E-state index is 8.66. The molecule has 3 N–H and O–H groups in total. The van der Waals surface area contributed by atoms with Gasteiger partial charge in [0.15, 0.2) is 5.84 Å². The standard InChI is InChI=1S/C14H12Br2N2O2/c15-10-3-1-9(2-4-10)8-20-11-5-6-12(13(16)7-11)14(17)18-19/h1-7,19H,8H2,(H2,17,18). The van der Waals surface area contributed by atoms with Gasteiger partial charge in [-0.3, -0.25) is 0 Å². The van der Waals surface area contributed by atoms with Crippen molar-refractivity contribution in [3.05, 3.63) is 62.5 Å². The lowest BCUT2D eigenvalue weighted by Crippen LogP contribution is -2.13. The highest BCUT2D eigenvalue weighted by atomic mass is 79.9. The summed E-state index contributed by atoms with van der Waals surface area (Å²) in [5.41, 5.74) is 7.24. The topological polar surface area (TPSA) is 67.8 Å². The molecule has 0 spiro atoms. The summed E-state index contributed by atoms with van der Waals surface area (Å²) in [5.74, 6) is 0.755. The number of hydrogen-bond acceptors (Lipinski definition) is 3. The molecule has 0 fully saturated rings. The summed E-state index contributed by atoms with van der Waals surface area (Å²) >= 11 is 6.75. The summed E-state index contributed by atoms with van der Waals surface area (Å²) in [6, 6.07) is 13.2. The van der Waals surface area contributed by atoms with Gasteiger partial charge in [0.1, 0.15) is 12.4 Å². The Morgan fingerprint density at radius 2 is 1.85 bits per heavy atom. The Kier molecular flexibility index (Phi) is 5.03. The van der Waals surface area contributed by atoms with Crippen LogP contribution < -0.4 is 10.5 Å². The Morgan fingerprint density at radius 1 is 1.15 bits per heavy atom. The summed E-state index contributed by atoms with van der Waals surface area (Å²) in [6.45, 7) is 0.475. The van der Waals surface area contributed by atoms with E-state index in [1.165, 1.54) is 0 Å². The smallest absolute Gasteiger partial charge is 0.171 e. The van der Waals surface area contributed by atoms with Gasteiger partial charge in [0.05, 0.1) is 0 Å². The van der Waals surface area contributed by atoms with Crippen LogP contribution in [-0.2, 0) is 6.61 Å². The molecule has 2 rings (SSSR count). The second-order valence-electron chi connectivity index (χ2n) is 4.04. The van der Waals surface area contributed by atoms with Crippen LogP contribution in [-0.4, -0.2) is 11.0 Å². The molecule has 0 aliphatic rings. The Bertz CT molecular complexity index is 628. The van der Waals surface area contributed by atoms with Crippen molar-refractivity contribution in [3.63, 3.8) is 0 Å². The third-order valence-electron chi connectivity index (χ3n) is 2.64. The van der Waals surface area contributed by atoms with E-state index < -0.39 is 0 Å². The molecule has 4 nitrogen and oxygen atoms in total. The van der Waals surface area contributed by atoms with Crippen LogP contribution in [0.25, 0.3) is 0 Å². The molecule has 0 amide bonds. The number of rotatable bonds is 4. The molecule has 104 valence electrons. The number of oxime groups is 1. The van der Waals surface area contributed by atoms with Gasteiger partial charge in [-0.15, -0.1) is 0 Å². The van der Waals surface area contributed by atoms with Crippen molar-refractivity contribution in [1.29, 1.82) is 0 Å². The zero-order valence-corrected chi connectivity index (χ0v) is 13.6. The zero-order valence-electron chi connectivity index (χ0n) is 10.4. The molecule has 0 unspecified atom stereocenters. The van der Waals surface area contributed by atoms with Gasteiger partial charge in [-0.25, -0.2) is 0 Å². The minimum absolute atomic E-state index is 0.0522. The minimum Gasteiger partial charge on any atom is -0.489 e. The molecule has 0 aliphatic heterocycles. The van der Waals surface area contributed by atoms with E-state index in [-0.39, 0.29) is 5.84 Å². The monoisotopic (exact) mass is 398 g/mol. The second kappa shape index (κ2) is 6.76. The number of nitrogens with two attached hydrogens (primary N) is 1. The van der Waals surface area contributed by atoms with E-state index in [4.69, 9.17) is 15.7 Å². The van der Waals surface area contributed by atoms with Crippen molar-refractivity contribution in [2.24, 2.45) is 10.9 Å². The molecule has 0 saturated heterocycles. The maximum Gasteiger partial charge on any atom is 0.171 e. The van der Waals surface area contributed by atoms with Crippen LogP contribution in [0.2, 0.25) is 0 Å². The van der Waals surface area contributed by atoms with Crippen LogP contribution in [0.4, 0.5) is 0 Å². The van der Waals surface area contributed by atoms with Crippen LogP contribution in [0.1, 0.15) is 11.1 Å². The normalized spacial score (nSPS) is 11.4. The third-order valence-corrected chi connectivity index (χ3v) is 3.83. The van der Waals surface area contributed by atoms with Crippen molar-refractivity contribution in [2.45, 2.75) is 6.61 Å². The Balaban J connectivity index is 2.07. The van der Waals surface area contributed by atoms with Crippen LogP contribution >= 0.6 is 31.9 Å². The predicted molar refractivity (Wildman–Crippen MR) is 85.1 cm³/mol. The summed E-state index contributed by atoms with van der Waals surface area (Å²) in [4.78, 5) is 0. The Labute approximate surface area is 133 Å². The molecule has 0 aromatic heterocycles. The van der Waals surface area contributed by atoms with Crippen LogP contribution in [0.5, 0.6) is 5.75 Å². The summed E-state index contributed by atoms with van der Waals surface area (Å²) < 4.78 is 7.44. The maximum atomic E-state index is 8.66. The van der Waals surface area contributed by atoms with Crippen LogP contribution in [0, 0.1) is 0 Å². The van der Waals surface area contributed by atoms with Gasteiger partial charge < -0.3 is 15.7 Å². The highest BCUT2D eigenvalue weighted by molar-refractivity contribution is 9.10. The molecule has 0 aliphatic carbocycles. The fourth-order valence-electron chi connectivity index (χ4n) is 1.59. The summed E-state index contributed by atoms with van der Waals surface area (Å²) in [6.07, 6.45) is 0. The largest absolute Gasteiger partial charge is 0.489 e. The van der Waals surface area contributed by atoms with E-state index in [2.05, 4.69) is 37.0 Å². The molecule has 0 atom stereocenters. The van der Waals surface area contributed by atoms with Crippen molar-refractivity contribution >= 4 is 37.7 Å². The van der Waals surface area contributed by atoms with Gasteiger partial charge in [0, 0.05) is 14.5 Å². The van der Waals surface area contributed by atoms with Crippen molar-refractivity contribution in [3.8, 4) is 5.75 Å². The van der Waals surface area contributed by atoms with E-state index in [0.717, 1.165) is 10.0 Å². The van der Waals surface area contributed by atoms with Crippen LogP contribution in [0.3, 0.4) is 0 Å². The third kappa shape index (κ3) is 3.74. The van der Waals surface area contributed by atoms with Gasteiger partial charge in [0.25, 0.3) is 0 Å². The molecule has 2 aromatic rings. The first-order chi connectivity index (χ1) is 9.60. The molecular weight excluding hydrogens is 388 g/mol. The van der Waals surface area contributed by atoms with Crippen LogP contribution in [0.15, 0.2) is 56.6 Å². The van der Waals surface area contributed by atoms with Gasteiger partial charge in [-0.1, -0.05) is 33.2 Å². The lowest BCUT2D eigenvalue weighted by Gasteiger charge is -2.09. The second-order valence-corrected chi connectivity index (χ2v) is 5.81. The average Bonchev–Trinajstić information content (AvgIpc) is 2.46. The number of nitrogens with zero attached hydrogens (tertiary/aromatic N) is 1. The van der Waals surface area contributed by atoms with Gasteiger partial charge in [0.2, 0.25) is 0 Å². The van der Waals surface area contributed by atoms with Crippen molar-refractivity contribution < 1.29 is 9.94 Å². The quantitative estimate of drug-likeness (QED) is 0.354. The van der Waals surface area contributed by atoms with Gasteiger partial charge >= 0.3 is 0 Å². The number of ether oxygens (including phenoxy) is 1. The summed E-state index contributed by atoms with van der Waals surface area (Å²) in [5, 5.41) is 11.6. The Hall–Kier alpha value is -1.53. The molecule has 0 heterocycles. The number of halogens is 2. The number of benzene rings is 2. The lowest BCUT2D eigenvalue weighted by molar-refractivity contribution is 0.306. The molecule has 6 heteroatoms. The lowest BCUT2D eigenvalue weighted by atomic mass is 10.2. The van der Waals surface area contributed by atoms with Gasteiger partial charge in [-0.2, -0.15) is 0 Å². The molecular formula is C14H12Br2N2O2. The molecule has 2 aromatic carbocycles. The van der Waals surface area contributed by atoms with E-state index in [0.29, 0.717) is 22.4 Å². The fraction of sp³-hybridized carbons (Fsp3) is 0.0714. The number of hydrogen-bond donors (Lipinski definition) is 2. The predicted octanol–water partition coefficient (Wildman–Crippen LogP) is 3.89. The first-order valence-electron chi connectivity index (χ1n) is 5.75. The Morgan fingerprint density at radius 3 is 2.45 bits per heavy atom. The molecule has 20 heavy (non-hydrogen) atoms. The minimum atomic E-state index is 0.0522. The molecule has 0 radical (unpaired) electrons. The van der Waals surface area contributed by atoms with E-state index in [1.807, 2.05) is 24.3 Å². The number of amidine groups is 1. The SMILES string of the molecule is N/C(=N/O)c1ccc(OCc2ccc(Br)cc2)cc1Br. The highest BCUT2D eigenvalue weighted by Gasteiger charge is 2.06. The van der Waals surface area contributed by atoms with E-state index in [9.17, 15) is 0 Å². The molecule has 0 bridgehead atoms. The van der Waals surface area contributed by atoms with Crippen molar-refractivity contribution in [1.82, 2.24) is 0 Å². The van der Waals surface area contributed by atoms with Gasteiger partial charge in [-0.05, 0) is 51.8 Å². The molecule has 0 saturated carbocycles. The first-order valence-corrected chi connectivity index (χ1v) is 7.33. The van der Waals surface area contributed by atoms with E-state index >= 15 is 0 Å². The fourth-order valence-corrected chi connectivity index (χ4v) is 2.42. The summed E-state index contributed by atoms with van der Waals surface area (Å²) in [7, 11) is 0. The van der Waals surface area contributed by atoms with E-state index in [1.54, 1.807) is 18.2 Å². The zero-order chi connectivity index (χ0) is 14.5. The highest BCUT2D eigenvalue weighted by Crippen LogP contribution is 2.24.